The van der Waals surface area contributed by atoms with Crippen molar-refractivity contribution in [3.8, 4) is 16.9 Å². The second-order valence-corrected chi connectivity index (χ2v) is 12.0. The second kappa shape index (κ2) is 8.87. The maximum absolute atomic E-state index is 10.6. The summed E-state index contributed by atoms with van der Waals surface area (Å²) in [4.78, 5) is 4.88. The molecule has 0 unspecified atom stereocenters. The topological polar surface area (TPSA) is 45.2 Å². The maximum Gasteiger partial charge on any atom is 0.116 e. The van der Waals surface area contributed by atoms with Crippen LogP contribution < -0.4 is 5.32 Å². The Balaban J connectivity index is 2.09. The number of aromatic hydroxyl groups is 1. The van der Waals surface area contributed by atoms with E-state index in [4.69, 9.17) is 16.6 Å². The van der Waals surface area contributed by atoms with Crippen LogP contribution in [0, 0.1) is 13.8 Å². The van der Waals surface area contributed by atoms with Gasteiger partial charge in [-0.2, -0.15) is 0 Å². The summed E-state index contributed by atoms with van der Waals surface area (Å²) >= 11 is 6.76. The van der Waals surface area contributed by atoms with Crippen LogP contribution in [0.25, 0.3) is 22.0 Å². The van der Waals surface area contributed by atoms with Gasteiger partial charge in [0.05, 0.1) is 17.4 Å². The molecule has 4 heteroatoms. The lowest BCUT2D eigenvalue weighted by molar-refractivity contribution is 0.466. The Kier molecular flexibility index (Phi) is 6.36. The number of nitrogens with one attached hydrogen (secondary N) is 1. The first-order chi connectivity index (χ1) is 16.3. The van der Waals surface area contributed by atoms with E-state index in [0.717, 1.165) is 50.1 Å². The van der Waals surface area contributed by atoms with Gasteiger partial charge in [0.1, 0.15) is 5.75 Å². The van der Waals surface area contributed by atoms with E-state index in [1.54, 1.807) is 0 Å². The van der Waals surface area contributed by atoms with Crippen LogP contribution in [0.15, 0.2) is 54.7 Å². The van der Waals surface area contributed by atoms with Crippen LogP contribution in [0.5, 0.6) is 5.75 Å². The molecule has 0 amide bonds. The molecule has 182 valence electrons. The van der Waals surface area contributed by atoms with Gasteiger partial charge in [-0.1, -0.05) is 83.0 Å². The van der Waals surface area contributed by atoms with E-state index in [-0.39, 0.29) is 16.6 Å². The molecule has 0 spiro atoms. The Bertz CT molecular complexity index is 1390. The highest BCUT2D eigenvalue weighted by atomic mass is 35.5. The normalized spacial score (nSPS) is 12.3. The Labute approximate surface area is 214 Å². The van der Waals surface area contributed by atoms with Gasteiger partial charge in [-0.15, -0.1) is 0 Å². The van der Waals surface area contributed by atoms with Gasteiger partial charge in [0.2, 0.25) is 0 Å². The molecule has 3 aromatic carbocycles. The van der Waals surface area contributed by atoms with Crippen molar-refractivity contribution < 1.29 is 5.11 Å². The highest BCUT2D eigenvalue weighted by molar-refractivity contribution is 6.34. The fourth-order valence-corrected chi connectivity index (χ4v) is 5.02. The van der Waals surface area contributed by atoms with Crippen molar-refractivity contribution in [2.45, 2.75) is 66.2 Å². The molecule has 0 aliphatic carbocycles. The van der Waals surface area contributed by atoms with Crippen molar-refractivity contribution in [3.05, 3.63) is 82.0 Å². The largest absolute Gasteiger partial charge is 0.508 e. The molecule has 0 saturated heterocycles. The van der Waals surface area contributed by atoms with Gasteiger partial charge < -0.3 is 10.4 Å². The number of phenolic OH excluding ortho intramolecular Hbond substituents is 1. The minimum atomic E-state index is -0.191. The summed E-state index contributed by atoms with van der Waals surface area (Å²) < 4.78 is 0. The summed E-state index contributed by atoms with van der Waals surface area (Å²) in [5.74, 6) is 0.277. The summed E-state index contributed by atoms with van der Waals surface area (Å²) in [5, 5.41) is 16.2. The number of fused-ring (bicyclic) bond motifs is 1. The summed E-state index contributed by atoms with van der Waals surface area (Å²) in [6.45, 7) is 17.2. The number of aromatic nitrogens is 1. The quantitative estimate of drug-likeness (QED) is 0.283. The number of aryl methyl sites for hydroxylation is 2. The molecule has 0 fully saturated rings. The van der Waals surface area contributed by atoms with Crippen LogP contribution in [-0.4, -0.2) is 10.1 Å². The number of anilines is 2. The van der Waals surface area contributed by atoms with Gasteiger partial charge in [0, 0.05) is 27.2 Å². The molecule has 0 aliphatic rings. The third-order valence-electron chi connectivity index (χ3n) is 6.45. The fourth-order valence-electron chi connectivity index (χ4n) is 4.79. The Morgan fingerprint density at radius 1 is 0.857 bits per heavy atom. The molecule has 35 heavy (non-hydrogen) atoms. The minimum Gasteiger partial charge on any atom is -0.508 e. The first kappa shape index (κ1) is 25.1. The number of pyridine rings is 1. The zero-order valence-electron chi connectivity index (χ0n) is 22.0. The van der Waals surface area contributed by atoms with Crippen LogP contribution in [0.3, 0.4) is 0 Å². The summed E-state index contributed by atoms with van der Waals surface area (Å²) in [7, 11) is 0. The molecule has 3 nitrogen and oxygen atoms in total. The third kappa shape index (κ3) is 4.88. The van der Waals surface area contributed by atoms with E-state index in [1.807, 2.05) is 36.5 Å². The first-order valence-electron chi connectivity index (χ1n) is 12.1. The van der Waals surface area contributed by atoms with Gasteiger partial charge in [0.25, 0.3) is 0 Å². The van der Waals surface area contributed by atoms with Crippen molar-refractivity contribution >= 4 is 33.9 Å². The van der Waals surface area contributed by atoms with Crippen molar-refractivity contribution in [1.29, 1.82) is 0 Å². The van der Waals surface area contributed by atoms with Gasteiger partial charge in [0.15, 0.2) is 0 Å². The molecule has 2 N–H and O–H groups in total. The average molecular weight is 487 g/mol. The van der Waals surface area contributed by atoms with Crippen molar-refractivity contribution in [3.63, 3.8) is 0 Å². The molecule has 4 rings (SSSR count). The van der Waals surface area contributed by atoms with Crippen molar-refractivity contribution in [1.82, 2.24) is 4.98 Å². The Morgan fingerprint density at radius 2 is 1.46 bits per heavy atom. The van der Waals surface area contributed by atoms with E-state index in [0.29, 0.717) is 5.02 Å². The number of nitrogens with zero attached hydrogens (tertiary/aromatic N) is 1. The lowest BCUT2D eigenvalue weighted by Gasteiger charge is -2.31. The van der Waals surface area contributed by atoms with E-state index in [1.165, 1.54) is 5.56 Å². The van der Waals surface area contributed by atoms with E-state index in [2.05, 4.69) is 78.9 Å². The van der Waals surface area contributed by atoms with Crippen LogP contribution in [0.4, 0.5) is 11.4 Å². The smallest absolute Gasteiger partial charge is 0.116 e. The average Bonchev–Trinajstić information content (AvgIpc) is 2.73. The maximum atomic E-state index is 10.6. The number of rotatable bonds is 3. The molecule has 0 atom stereocenters. The highest BCUT2D eigenvalue weighted by Crippen LogP contribution is 2.45. The zero-order chi connectivity index (χ0) is 25.7. The predicted molar refractivity (Wildman–Crippen MR) is 150 cm³/mol. The van der Waals surface area contributed by atoms with Gasteiger partial charge in [-0.05, 0) is 65.6 Å². The summed E-state index contributed by atoms with van der Waals surface area (Å²) in [6, 6.07) is 16.0. The molecule has 0 radical (unpaired) electrons. The third-order valence-corrected chi connectivity index (χ3v) is 6.78. The molecule has 0 aliphatic heterocycles. The molecular formula is C31H35ClN2O. The number of hydrogen-bond donors (Lipinski definition) is 2. The van der Waals surface area contributed by atoms with Gasteiger partial charge in [-0.25, -0.2) is 0 Å². The van der Waals surface area contributed by atoms with E-state index >= 15 is 0 Å². The molecule has 0 saturated carbocycles. The lowest BCUT2D eigenvalue weighted by Crippen LogP contribution is -2.20. The number of phenols is 1. The van der Waals surface area contributed by atoms with Gasteiger partial charge >= 0.3 is 0 Å². The fraction of sp³-hybridized carbons (Fsp3) is 0.323. The summed E-state index contributed by atoms with van der Waals surface area (Å²) in [6.07, 6.45) is 1.91. The summed E-state index contributed by atoms with van der Waals surface area (Å²) in [5.41, 5.74) is 8.87. The molecule has 1 aromatic heterocycles. The van der Waals surface area contributed by atoms with Crippen LogP contribution in [0.1, 0.15) is 63.8 Å². The SMILES string of the molecule is Cc1cc(C)c2ncc(Nc3c(C(C)(C)C)cc(O)cc3C(C)(C)C)c(-c3ccccc3Cl)c2c1. The van der Waals surface area contributed by atoms with E-state index in [9.17, 15) is 5.11 Å². The Hall–Kier alpha value is -3.04. The standard InChI is InChI=1S/C31H35ClN2O/c1-18-13-19(2)28-22(14-18)27(21-11-9-10-12-25(21)32)26(17-33-28)34-29-23(30(3,4)5)15-20(35)16-24(29)31(6,7)8/h9-17,34-35H,1-8H3. The lowest BCUT2D eigenvalue weighted by atomic mass is 9.78. The van der Waals surface area contributed by atoms with Crippen molar-refractivity contribution in [2.24, 2.45) is 0 Å². The molecule has 4 aromatic rings. The number of halogens is 1. The molecule has 0 bridgehead atoms. The molecule has 1 heterocycles. The number of hydrogen-bond acceptors (Lipinski definition) is 3. The van der Waals surface area contributed by atoms with Gasteiger partial charge in [-0.3, -0.25) is 4.98 Å². The second-order valence-electron chi connectivity index (χ2n) is 11.5. The number of benzene rings is 3. The first-order valence-corrected chi connectivity index (χ1v) is 12.4. The van der Waals surface area contributed by atoms with Crippen molar-refractivity contribution in [2.75, 3.05) is 5.32 Å². The van der Waals surface area contributed by atoms with Crippen LogP contribution in [0.2, 0.25) is 5.02 Å². The predicted octanol–water partition coefficient (Wildman–Crippen LogP) is 9.22. The van der Waals surface area contributed by atoms with Crippen LogP contribution in [-0.2, 0) is 10.8 Å². The Morgan fingerprint density at radius 3 is 2.03 bits per heavy atom. The monoisotopic (exact) mass is 486 g/mol. The van der Waals surface area contributed by atoms with Crippen LogP contribution >= 0.6 is 11.6 Å². The zero-order valence-corrected chi connectivity index (χ0v) is 22.7. The molecular weight excluding hydrogens is 452 g/mol. The minimum absolute atomic E-state index is 0.191. The van der Waals surface area contributed by atoms with E-state index < -0.39 is 0 Å². The highest BCUT2D eigenvalue weighted by Gasteiger charge is 2.28.